The predicted octanol–water partition coefficient (Wildman–Crippen LogP) is 2.63. The van der Waals surface area contributed by atoms with Crippen molar-refractivity contribution >= 4 is 34.1 Å². The zero-order valence-electron chi connectivity index (χ0n) is 17.3. The number of nitrogens with one attached hydrogen (secondary N) is 2. The van der Waals surface area contributed by atoms with E-state index in [2.05, 4.69) is 20.8 Å². The molecule has 2 N–H and O–H groups in total. The van der Waals surface area contributed by atoms with E-state index in [1.807, 2.05) is 0 Å². The van der Waals surface area contributed by atoms with Crippen LogP contribution < -0.4 is 16.2 Å². The highest BCUT2D eigenvalue weighted by Crippen LogP contribution is 2.18. The van der Waals surface area contributed by atoms with Crippen molar-refractivity contribution in [1.29, 1.82) is 0 Å². The van der Waals surface area contributed by atoms with Gasteiger partial charge < -0.3 is 10.6 Å². The summed E-state index contributed by atoms with van der Waals surface area (Å²) in [4.78, 5) is 36.7. The van der Waals surface area contributed by atoms with E-state index in [1.165, 1.54) is 42.1 Å². The van der Waals surface area contributed by atoms with Gasteiger partial charge in [0.25, 0.3) is 5.56 Å². The number of halogens is 1. The van der Waals surface area contributed by atoms with Gasteiger partial charge in [0.05, 0.1) is 17.6 Å². The number of fused-ring (bicyclic) bond motifs is 1. The summed E-state index contributed by atoms with van der Waals surface area (Å²) < 4.78 is 15.8. The summed E-state index contributed by atoms with van der Waals surface area (Å²) in [6, 6.07) is 12.2. The van der Waals surface area contributed by atoms with Crippen LogP contribution in [0.4, 0.5) is 15.8 Å². The lowest BCUT2D eigenvalue weighted by atomic mass is 10.2. The Hall–Kier alpha value is -4.34. The van der Waals surface area contributed by atoms with Crippen LogP contribution in [0.15, 0.2) is 59.5 Å². The SMILES string of the molecule is CC(=O)Nc1ccc(NC(=O)Cn2nc(C)c3cnn(-c4ccc(F)cc4)c3c2=O)cc1. The quantitative estimate of drug-likeness (QED) is 0.502. The maximum absolute atomic E-state index is 13.3. The third-order valence-electron chi connectivity index (χ3n) is 4.72. The van der Waals surface area contributed by atoms with Crippen molar-refractivity contribution in [2.24, 2.45) is 0 Å². The summed E-state index contributed by atoms with van der Waals surface area (Å²) in [6.45, 7) is 2.81. The van der Waals surface area contributed by atoms with Crippen molar-refractivity contribution < 1.29 is 14.0 Å². The number of rotatable bonds is 5. The van der Waals surface area contributed by atoms with Gasteiger partial charge in [-0.2, -0.15) is 10.2 Å². The molecule has 4 aromatic rings. The van der Waals surface area contributed by atoms with Gasteiger partial charge in [0.1, 0.15) is 17.9 Å². The number of benzene rings is 2. The Labute approximate surface area is 181 Å². The molecule has 162 valence electrons. The van der Waals surface area contributed by atoms with E-state index in [1.54, 1.807) is 31.2 Å². The van der Waals surface area contributed by atoms with E-state index in [0.29, 0.717) is 28.1 Å². The summed E-state index contributed by atoms with van der Waals surface area (Å²) >= 11 is 0. The van der Waals surface area contributed by atoms with Crippen molar-refractivity contribution in [1.82, 2.24) is 19.6 Å². The van der Waals surface area contributed by atoms with E-state index >= 15 is 0 Å². The Kier molecular flexibility index (Phi) is 5.50. The first kappa shape index (κ1) is 20.9. The van der Waals surface area contributed by atoms with Gasteiger partial charge in [-0.05, 0) is 55.5 Å². The van der Waals surface area contributed by atoms with Crippen LogP contribution in [0.5, 0.6) is 0 Å². The van der Waals surface area contributed by atoms with E-state index < -0.39 is 17.3 Å². The number of nitrogens with zero attached hydrogens (tertiary/aromatic N) is 4. The Morgan fingerprint density at radius 1 is 1.00 bits per heavy atom. The summed E-state index contributed by atoms with van der Waals surface area (Å²) in [5, 5.41) is 14.4. The van der Waals surface area contributed by atoms with Crippen LogP contribution in [-0.2, 0) is 16.1 Å². The first-order valence-corrected chi connectivity index (χ1v) is 9.71. The Balaban J connectivity index is 1.60. The molecule has 0 atom stereocenters. The van der Waals surface area contributed by atoms with Gasteiger partial charge in [0.15, 0.2) is 0 Å². The number of carbonyl (C=O) groups excluding carboxylic acids is 2. The molecule has 0 aliphatic carbocycles. The molecular formula is C22H19FN6O3. The van der Waals surface area contributed by atoms with Gasteiger partial charge in [0, 0.05) is 23.7 Å². The maximum Gasteiger partial charge on any atom is 0.293 e. The topological polar surface area (TPSA) is 111 Å². The molecule has 32 heavy (non-hydrogen) atoms. The molecule has 2 aromatic carbocycles. The van der Waals surface area contributed by atoms with Crippen LogP contribution in [-0.4, -0.2) is 31.4 Å². The first-order chi connectivity index (χ1) is 15.3. The number of aromatic nitrogens is 4. The number of carbonyl (C=O) groups is 2. The van der Waals surface area contributed by atoms with Gasteiger partial charge >= 0.3 is 0 Å². The normalized spacial score (nSPS) is 10.8. The number of hydrogen-bond acceptors (Lipinski definition) is 5. The zero-order chi connectivity index (χ0) is 22.8. The van der Waals surface area contributed by atoms with E-state index in [0.717, 1.165) is 4.68 Å². The van der Waals surface area contributed by atoms with Crippen LogP contribution in [0.25, 0.3) is 16.6 Å². The molecule has 0 saturated carbocycles. The average molecular weight is 434 g/mol. The highest BCUT2D eigenvalue weighted by molar-refractivity contribution is 5.92. The van der Waals surface area contributed by atoms with Crippen LogP contribution in [0.3, 0.4) is 0 Å². The summed E-state index contributed by atoms with van der Waals surface area (Å²) in [5.74, 6) is -1.04. The molecule has 0 spiro atoms. The number of amides is 2. The van der Waals surface area contributed by atoms with Crippen molar-refractivity contribution in [3.8, 4) is 5.69 Å². The van der Waals surface area contributed by atoms with Gasteiger partial charge in [-0.25, -0.2) is 13.8 Å². The lowest BCUT2D eigenvalue weighted by Crippen LogP contribution is -2.31. The predicted molar refractivity (Wildman–Crippen MR) is 117 cm³/mol. The highest BCUT2D eigenvalue weighted by atomic mass is 19.1. The fourth-order valence-corrected chi connectivity index (χ4v) is 3.28. The van der Waals surface area contributed by atoms with E-state index in [4.69, 9.17) is 0 Å². The number of hydrogen-bond donors (Lipinski definition) is 2. The molecule has 0 aliphatic heterocycles. The van der Waals surface area contributed by atoms with Crippen molar-refractivity contribution in [2.45, 2.75) is 20.4 Å². The second kappa shape index (κ2) is 8.42. The molecule has 0 radical (unpaired) electrons. The van der Waals surface area contributed by atoms with E-state index in [-0.39, 0.29) is 18.0 Å². The van der Waals surface area contributed by atoms with Crippen LogP contribution >= 0.6 is 0 Å². The molecule has 2 heterocycles. The molecule has 0 unspecified atom stereocenters. The summed E-state index contributed by atoms with van der Waals surface area (Å²) in [6.07, 6.45) is 1.52. The lowest BCUT2D eigenvalue weighted by Gasteiger charge is -2.10. The number of anilines is 2. The fourth-order valence-electron chi connectivity index (χ4n) is 3.28. The minimum atomic E-state index is -0.497. The number of aryl methyl sites for hydroxylation is 1. The molecule has 10 heteroatoms. The van der Waals surface area contributed by atoms with Gasteiger partial charge in [-0.3, -0.25) is 14.4 Å². The van der Waals surface area contributed by atoms with Gasteiger partial charge in [0.2, 0.25) is 11.8 Å². The fraction of sp³-hybridized carbons (Fsp3) is 0.136. The zero-order valence-corrected chi connectivity index (χ0v) is 17.3. The van der Waals surface area contributed by atoms with Crippen LogP contribution in [0.1, 0.15) is 12.6 Å². The minimum Gasteiger partial charge on any atom is -0.326 e. The Morgan fingerprint density at radius 3 is 2.25 bits per heavy atom. The van der Waals surface area contributed by atoms with E-state index in [9.17, 15) is 18.8 Å². The van der Waals surface area contributed by atoms with Crippen LogP contribution in [0.2, 0.25) is 0 Å². The lowest BCUT2D eigenvalue weighted by molar-refractivity contribution is -0.117. The highest BCUT2D eigenvalue weighted by Gasteiger charge is 2.17. The van der Waals surface area contributed by atoms with Crippen molar-refractivity contribution in [2.75, 3.05) is 10.6 Å². The van der Waals surface area contributed by atoms with Crippen molar-refractivity contribution in [3.63, 3.8) is 0 Å². The van der Waals surface area contributed by atoms with Gasteiger partial charge in [-0.1, -0.05) is 0 Å². The Morgan fingerprint density at radius 2 is 1.62 bits per heavy atom. The molecule has 2 aromatic heterocycles. The molecular weight excluding hydrogens is 415 g/mol. The van der Waals surface area contributed by atoms with Crippen molar-refractivity contribution in [3.05, 3.63) is 76.6 Å². The largest absolute Gasteiger partial charge is 0.326 e. The third-order valence-corrected chi connectivity index (χ3v) is 4.72. The first-order valence-electron chi connectivity index (χ1n) is 9.71. The van der Waals surface area contributed by atoms with Gasteiger partial charge in [-0.15, -0.1) is 0 Å². The molecule has 9 nitrogen and oxygen atoms in total. The average Bonchev–Trinajstić information content (AvgIpc) is 3.19. The molecule has 0 aliphatic rings. The second-order valence-corrected chi connectivity index (χ2v) is 7.15. The standard InChI is InChI=1S/C22H19FN6O3/c1-13-19-11-24-29(18-9-3-15(23)4-10-18)21(19)22(32)28(27-13)12-20(31)26-17-7-5-16(6-8-17)25-14(2)30/h3-11H,12H2,1-2H3,(H,25,30)(H,26,31). The maximum atomic E-state index is 13.3. The molecule has 0 bridgehead atoms. The summed E-state index contributed by atoms with van der Waals surface area (Å²) in [5.41, 5.74) is 1.90. The molecule has 0 saturated heterocycles. The smallest absolute Gasteiger partial charge is 0.293 e. The second-order valence-electron chi connectivity index (χ2n) is 7.15. The summed E-state index contributed by atoms with van der Waals surface area (Å²) in [7, 11) is 0. The third kappa shape index (κ3) is 4.24. The Bertz CT molecular complexity index is 1370. The van der Waals surface area contributed by atoms with Crippen LogP contribution in [0, 0.1) is 12.7 Å². The molecule has 4 rings (SSSR count). The monoisotopic (exact) mass is 434 g/mol. The molecule has 0 fully saturated rings. The molecule has 2 amide bonds. The minimum absolute atomic E-state index is 0.196.